The average Bonchev–Trinajstić information content (AvgIpc) is 3.64. The Morgan fingerprint density at radius 2 is 1.55 bits per heavy atom. The first-order chi connectivity index (χ1) is 22.7. The van der Waals surface area contributed by atoms with Crippen LogP contribution in [0.3, 0.4) is 0 Å². The molecule has 0 aliphatic carbocycles. The van der Waals surface area contributed by atoms with Crippen molar-refractivity contribution in [2.24, 2.45) is 7.05 Å². The van der Waals surface area contributed by atoms with Gasteiger partial charge in [0.05, 0.1) is 11.6 Å². The van der Waals surface area contributed by atoms with E-state index in [4.69, 9.17) is 11.6 Å². The largest absolute Gasteiger partial charge is 0.478 e. The lowest BCUT2D eigenvalue weighted by atomic mass is 9.97. The van der Waals surface area contributed by atoms with E-state index in [1.165, 1.54) is 10.8 Å². The molecule has 0 saturated heterocycles. The molecule has 0 aliphatic heterocycles. The average molecular weight is 667 g/mol. The third-order valence-corrected chi connectivity index (χ3v) is 10.1. The van der Waals surface area contributed by atoms with Gasteiger partial charge in [-0.05, 0) is 71.8 Å². The smallest absolute Gasteiger partial charge is 0.335 e. The number of hydrogen-bond acceptors (Lipinski definition) is 4. The highest BCUT2D eigenvalue weighted by atomic mass is 35.5. The van der Waals surface area contributed by atoms with E-state index in [0.717, 1.165) is 51.7 Å². The number of carboxylic acids is 1. The zero-order chi connectivity index (χ0) is 33.0. The molecule has 0 fully saturated rings. The number of nitrogens with one attached hydrogen (secondary N) is 1. The summed E-state index contributed by atoms with van der Waals surface area (Å²) in [5, 5.41) is 10.9. The Hall–Kier alpha value is -4.70. The lowest BCUT2D eigenvalue weighted by Crippen LogP contribution is -2.29. The first-order valence-corrected chi connectivity index (χ1v) is 17.3. The minimum Gasteiger partial charge on any atom is -0.478 e. The number of halogens is 1. The summed E-state index contributed by atoms with van der Waals surface area (Å²) in [7, 11) is -2.18. The maximum atomic E-state index is 13.2. The lowest BCUT2D eigenvalue weighted by Gasteiger charge is -2.25. The molecular weight excluding hydrogens is 632 g/mol. The van der Waals surface area contributed by atoms with Gasteiger partial charge < -0.3 is 14.2 Å². The first-order valence-electron chi connectivity index (χ1n) is 15.4. The molecule has 0 unspecified atom stereocenters. The van der Waals surface area contributed by atoms with E-state index >= 15 is 0 Å². The van der Waals surface area contributed by atoms with Gasteiger partial charge in [-0.1, -0.05) is 84.4 Å². The molecule has 0 saturated carbocycles. The van der Waals surface area contributed by atoms with Gasteiger partial charge in [0.1, 0.15) is 0 Å². The number of fused-ring (bicyclic) bond motifs is 1. The second-order valence-corrected chi connectivity index (χ2v) is 13.6. The second-order valence-electron chi connectivity index (χ2n) is 11.5. The third-order valence-electron chi connectivity index (χ3n) is 8.44. The SMILES string of the molecule is Cn1ccnc1S(=O)(=O)NCCc1c(CCCc2ccc(C(=O)O)cc2)c2cc(Cl)ccc2n1C(c1ccccc1)c1ccccc1. The predicted octanol–water partition coefficient (Wildman–Crippen LogP) is 7.06. The summed E-state index contributed by atoms with van der Waals surface area (Å²) in [4.78, 5) is 15.4. The highest BCUT2D eigenvalue weighted by Gasteiger charge is 2.26. The van der Waals surface area contributed by atoms with Crippen molar-refractivity contribution in [3.63, 3.8) is 0 Å². The zero-order valence-electron chi connectivity index (χ0n) is 25.9. The quantitative estimate of drug-likeness (QED) is 0.137. The van der Waals surface area contributed by atoms with Crippen LogP contribution in [0.1, 0.15) is 50.8 Å². The minimum atomic E-state index is -3.84. The molecule has 0 bridgehead atoms. The summed E-state index contributed by atoms with van der Waals surface area (Å²) in [5.41, 5.74) is 6.65. The van der Waals surface area contributed by atoms with E-state index in [1.807, 2.05) is 66.7 Å². The lowest BCUT2D eigenvalue weighted by molar-refractivity contribution is 0.0697. The van der Waals surface area contributed by atoms with E-state index in [2.05, 4.69) is 38.5 Å². The molecule has 0 atom stereocenters. The van der Waals surface area contributed by atoms with Gasteiger partial charge in [0.2, 0.25) is 5.16 Å². The maximum Gasteiger partial charge on any atom is 0.335 e. The molecule has 0 radical (unpaired) electrons. The van der Waals surface area contributed by atoms with Gasteiger partial charge in [0.25, 0.3) is 10.0 Å². The van der Waals surface area contributed by atoms with Crippen molar-refractivity contribution in [3.8, 4) is 0 Å². The Bertz CT molecular complexity index is 2070. The van der Waals surface area contributed by atoms with Gasteiger partial charge in [-0.25, -0.2) is 22.9 Å². The van der Waals surface area contributed by atoms with E-state index < -0.39 is 16.0 Å². The molecule has 2 heterocycles. The van der Waals surface area contributed by atoms with E-state index in [-0.39, 0.29) is 23.3 Å². The van der Waals surface area contributed by atoms with Gasteiger partial charge in [-0.2, -0.15) is 0 Å². The standard InChI is InChI=1S/C37H35ClN4O4S/c1-41-24-23-39-37(41)47(45,46)40-22-21-34-31(14-8-9-26-15-17-29(18-16-26)36(43)44)32-25-30(38)19-20-33(32)42(34)35(27-10-4-2-5-11-27)28-12-6-3-7-13-28/h2-7,10-13,15-20,23-25,35,40H,8-9,14,21-22H2,1H3,(H,43,44). The van der Waals surface area contributed by atoms with E-state index in [1.54, 1.807) is 25.4 Å². The maximum absolute atomic E-state index is 13.2. The number of carbonyl (C=O) groups is 1. The number of imidazole rings is 1. The Balaban J connectivity index is 1.44. The molecule has 2 aromatic heterocycles. The van der Waals surface area contributed by atoms with Crippen molar-refractivity contribution >= 4 is 38.5 Å². The van der Waals surface area contributed by atoms with E-state index in [9.17, 15) is 18.3 Å². The summed E-state index contributed by atoms with van der Waals surface area (Å²) in [6.07, 6.45) is 5.75. The van der Waals surface area contributed by atoms with Crippen LogP contribution in [0.4, 0.5) is 0 Å². The van der Waals surface area contributed by atoms with Crippen LogP contribution < -0.4 is 4.72 Å². The molecule has 6 rings (SSSR count). The zero-order valence-corrected chi connectivity index (χ0v) is 27.5. The normalized spacial score (nSPS) is 11.8. The number of aryl methyl sites for hydroxylation is 3. The fourth-order valence-corrected chi connectivity index (χ4v) is 7.59. The van der Waals surface area contributed by atoms with Crippen LogP contribution in [0.15, 0.2) is 121 Å². The summed E-state index contributed by atoms with van der Waals surface area (Å²) >= 11 is 6.61. The van der Waals surface area contributed by atoms with Crippen molar-refractivity contribution in [1.29, 1.82) is 0 Å². The van der Waals surface area contributed by atoms with Gasteiger partial charge in [-0.15, -0.1) is 0 Å². The summed E-state index contributed by atoms with van der Waals surface area (Å²) in [6.45, 7) is 0.166. The Labute approximate surface area is 279 Å². The van der Waals surface area contributed by atoms with Gasteiger partial charge in [0, 0.05) is 54.0 Å². The van der Waals surface area contributed by atoms with Crippen molar-refractivity contribution in [2.45, 2.75) is 36.9 Å². The molecule has 0 spiro atoms. The molecule has 8 nitrogen and oxygen atoms in total. The second kappa shape index (κ2) is 14.0. The number of benzene rings is 4. The van der Waals surface area contributed by atoms with Crippen molar-refractivity contribution in [3.05, 3.63) is 154 Å². The Morgan fingerprint density at radius 1 is 0.894 bits per heavy atom. The number of aromatic carboxylic acids is 1. The van der Waals surface area contributed by atoms with Crippen LogP contribution in [-0.2, 0) is 36.3 Å². The Morgan fingerprint density at radius 3 is 2.15 bits per heavy atom. The fraction of sp³-hybridized carbons (Fsp3) is 0.189. The number of aromatic nitrogens is 3. The monoisotopic (exact) mass is 666 g/mol. The van der Waals surface area contributed by atoms with Crippen LogP contribution >= 0.6 is 11.6 Å². The van der Waals surface area contributed by atoms with Gasteiger partial charge in [-0.3, -0.25) is 0 Å². The molecule has 240 valence electrons. The topological polar surface area (TPSA) is 106 Å². The van der Waals surface area contributed by atoms with Crippen LogP contribution in [0.2, 0.25) is 5.02 Å². The summed E-state index contributed by atoms with van der Waals surface area (Å²) < 4.78 is 33.0. The number of nitrogens with zero attached hydrogens (tertiary/aromatic N) is 3. The third kappa shape index (κ3) is 7.02. The highest BCUT2D eigenvalue weighted by Crippen LogP contribution is 2.38. The van der Waals surface area contributed by atoms with Crippen molar-refractivity contribution in [2.75, 3.05) is 6.54 Å². The molecular formula is C37H35ClN4O4S. The predicted molar refractivity (Wildman–Crippen MR) is 185 cm³/mol. The number of rotatable bonds is 13. The Kier molecular flexibility index (Phi) is 9.58. The molecule has 0 amide bonds. The molecule has 2 N–H and O–H groups in total. The van der Waals surface area contributed by atoms with Gasteiger partial charge >= 0.3 is 5.97 Å². The van der Waals surface area contributed by atoms with Crippen molar-refractivity contribution in [1.82, 2.24) is 18.8 Å². The van der Waals surface area contributed by atoms with Crippen LogP contribution in [0.25, 0.3) is 10.9 Å². The van der Waals surface area contributed by atoms with Crippen LogP contribution in [-0.4, -0.2) is 40.2 Å². The van der Waals surface area contributed by atoms with Crippen LogP contribution in [0.5, 0.6) is 0 Å². The molecule has 4 aromatic carbocycles. The van der Waals surface area contributed by atoms with Crippen LogP contribution in [0, 0.1) is 0 Å². The number of hydrogen-bond donors (Lipinski definition) is 2. The molecule has 6 aromatic rings. The fourth-order valence-electron chi connectivity index (χ4n) is 6.28. The summed E-state index contributed by atoms with van der Waals surface area (Å²) in [6, 6.07) is 33.4. The van der Waals surface area contributed by atoms with Gasteiger partial charge in [0.15, 0.2) is 0 Å². The molecule has 0 aliphatic rings. The highest BCUT2D eigenvalue weighted by molar-refractivity contribution is 7.89. The number of carboxylic acid groups (broad SMARTS) is 1. The van der Waals surface area contributed by atoms with E-state index in [0.29, 0.717) is 17.9 Å². The molecule has 47 heavy (non-hydrogen) atoms. The summed E-state index contributed by atoms with van der Waals surface area (Å²) in [5.74, 6) is -0.948. The number of sulfonamides is 1. The molecule has 10 heteroatoms. The van der Waals surface area contributed by atoms with Crippen molar-refractivity contribution < 1.29 is 18.3 Å². The first kappa shape index (κ1) is 32.2. The minimum absolute atomic E-state index is 0.0367.